The Bertz CT molecular complexity index is 366. The summed E-state index contributed by atoms with van der Waals surface area (Å²) in [6.07, 6.45) is 1.01. The van der Waals surface area contributed by atoms with Gasteiger partial charge in [-0.25, -0.2) is 0 Å². The molecule has 15 heavy (non-hydrogen) atoms. The summed E-state index contributed by atoms with van der Waals surface area (Å²) in [7, 11) is 0. The first-order chi connectivity index (χ1) is 7.20. The predicted octanol–water partition coefficient (Wildman–Crippen LogP) is 3.10. The highest BCUT2D eigenvalue weighted by atomic mass is 35.5. The molecule has 1 fully saturated rings. The van der Waals surface area contributed by atoms with Gasteiger partial charge in [0.2, 0.25) is 0 Å². The van der Waals surface area contributed by atoms with Crippen molar-refractivity contribution in [2.45, 2.75) is 6.42 Å². The minimum Gasteiger partial charge on any atom is -0.338 e. The second kappa shape index (κ2) is 4.73. The smallest absolute Gasteiger partial charge is 0.263 e. The van der Waals surface area contributed by atoms with Crippen molar-refractivity contribution in [2.24, 2.45) is 5.92 Å². The Morgan fingerprint density at radius 2 is 2.40 bits per heavy atom. The number of thiophene rings is 1. The Hall–Kier alpha value is -0.250. The topological polar surface area (TPSA) is 20.3 Å². The quantitative estimate of drug-likeness (QED) is 0.751. The van der Waals surface area contributed by atoms with Crippen LogP contribution in [0.5, 0.6) is 0 Å². The molecule has 0 spiro atoms. The van der Waals surface area contributed by atoms with Crippen molar-refractivity contribution < 1.29 is 4.79 Å². The molecule has 0 radical (unpaired) electrons. The molecule has 0 N–H and O–H groups in total. The Morgan fingerprint density at radius 1 is 1.60 bits per heavy atom. The fourth-order valence-electron chi connectivity index (χ4n) is 1.73. The van der Waals surface area contributed by atoms with E-state index < -0.39 is 0 Å². The summed E-state index contributed by atoms with van der Waals surface area (Å²) >= 11 is 12.9. The standard InChI is InChI=1S/C10H11Cl2NOS/c11-5-7-3-4-13(6-7)10(14)8-1-2-9(12)15-8/h1-2,7H,3-6H2. The lowest BCUT2D eigenvalue weighted by Gasteiger charge is -2.14. The number of carbonyl (C=O) groups excluding carboxylic acids is 1. The zero-order valence-corrected chi connectivity index (χ0v) is 10.4. The van der Waals surface area contributed by atoms with Gasteiger partial charge in [0.05, 0.1) is 9.21 Å². The van der Waals surface area contributed by atoms with Crippen LogP contribution >= 0.6 is 34.5 Å². The van der Waals surface area contributed by atoms with Crippen LogP contribution in [0.2, 0.25) is 4.34 Å². The monoisotopic (exact) mass is 263 g/mol. The van der Waals surface area contributed by atoms with Gasteiger partial charge >= 0.3 is 0 Å². The summed E-state index contributed by atoms with van der Waals surface area (Å²) in [4.78, 5) is 14.5. The molecule has 1 amide bonds. The maximum absolute atomic E-state index is 12.0. The van der Waals surface area contributed by atoms with Crippen molar-refractivity contribution in [1.82, 2.24) is 4.90 Å². The van der Waals surface area contributed by atoms with Crippen LogP contribution in [0.15, 0.2) is 12.1 Å². The largest absolute Gasteiger partial charge is 0.338 e. The van der Waals surface area contributed by atoms with Gasteiger partial charge in [-0.2, -0.15) is 0 Å². The van der Waals surface area contributed by atoms with E-state index in [1.54, 1.807) is 12.1 Å². The summed E-state index contributed by atoms with van der Waals surface area (Å²) in [5, 5.41) is 0. The summed E-state index contributed by atoms with van der Waals surface area (Å²) in [5.41, 5.74) is 0. The first-order valence-corrected chi connectivity index (χ1v) is 6.54. The molecule has 5 heteroatoms. The van der Waals surface area contributed by atoms with Crippen molar-refractivity contribution >= 4 is 40.4 Å². The number of likely N-dealkylation sites (tertiary alicyclic amines) is 1. The molecule has 0 aromatic carbocycles. The SMILES string of the molecule is O=C(c1ccc(Cl)s1)N1CCC(CCl)C1. The lowest BCUT2D eigenvalue weighted by atomic mass is 10.2. The molecule has 82 valence electrons. The van der Waals surface area contributed by atoms with Crippen LogP contribution in [0, 0.1) is 5.92 Å². The third kappa shape index (κ3) is 2.47. The van der Waals surface area contributed by atoms with Crippen LogP contribution < -0.4 is 0 Å². The first kappa shape index (κ1) is 11.2. The molecule has 1 unspecified atom stereocenters. The van der Waals surface area contributed by atoms with Crippen molar-refractivity contribution in [2.75, 3.05) is 19.0 Å². The highest BCUT2D eigenvalue weighted by Crippen LogP contribution is 2.25. The van der Waals surface area contributed by atoms with Crippen LogP contribution in [0.1, 0.15) is 16.1 Å². The van der Waals surface area contributed by atoms with Gasteiger partial charge in [0.15, 0.2) is 0 Å². The molecule has 2 nitrogen and oxygen atoms in total. The molecule has 1 aromatic heterocycles. The number of nitrogens with zero attached hydrogens (tertiary/aromatic N) is 1. The number of rotatable bonds is 2. The number of hydrogen-bond acceptors (Lipinski definition) is 2. The van der Waals surface area contributed by atoms with Gasteiger partial charge in [-0.05, 0) is 24.5 Å². The van der Waals surface area contributed by atoms with Crippen LogP contribution in [0.4, 0.5) is 0 Å². The Kier molecular flexibility index (Phi) is 3.54. The van der Waals surface area contributed by atoms with Gasteiger partial charge < -0.3 is 4.90 Å². The number of amides is 1. The van der Waals surface area contributed by atoms with Gasteiger partial charge in [0, 0.05) is 19.0 Å². The minimum absolute atomic E-state index is 0.0829. The zero-order valence-electron chi connectivity index (χ0n) is 8.08. The van der Waals surface area contributed by atoms with E-state index in [2.05, 4.69) is 0 Å². The Labute approximate surface area is 103 Å². The van der Waals surface area contributed by atoms with Crippen molar-refractivity contribution in [1.29, 1.82) is 0 Å². The van der Waals surface area contributed by atoms with E-state index in [1.807, 2.05) is 4.90 Å². The van der Waals surface area contributed by atoms with E-state index in [9.17, 15) is 4.79 Å². The molecule has 0 bridgehead atoms. The molecular weight excluding hydrogens is 253 g/mol. The van der Waals surface area contributed by atoms with E-state index in [-0.39, 0.29) is 5.91 Å². The highest BCUT2D eigenvalue weighted by Gasteiger charge is 2.26. The number of hydrogen-bond donors (Lipinski definition) is 0. The Balaban J connectivity index is 2.03. The van der Waals surface area contributed by atoms with Crippen LogP contribution in [-0.2, 0) is 0 Å². The second-order valence-corrected chi connectivity index (χ2v) is 5.69. The first-order valence-electron chi connectivity index (χ1n) is 4.81. The molecule has 0 saturated carbocycles. The maximum Gasteiger partial charge on any atom is 0.263 e. The Morgan fingerprint density at radius 3 is 2.93 bits per heavy atom. The van der Waals surface area contributed by atoms with E-state index in [1.165, 1.54) is 11.3 Å². The highest BCUT2D eigenvalue weighted by molar-refractivity contribution is 7.17. The lowest BCUT2D eigenvalue weighted by molar-refractivity contribution is 0.0793. The van der Waals surface area contributed by atoms with Crippen LogP contribution in [-0.4, -0.2) is 29.8 Å². The molecule has 2 rings (SSSR count). The van der Waals surface area contributed by atoms with E-state index in [0.29, 0.717) is 16.1 Å². The van der Waals surface area contributed by atoms with Gasteiger partial charge in [-0.3, -0.25) is 4.79 Å². The van der Waals surface area contributed by atoms with E-state index in [0.717, 1.165) is 24.4 Å². The molecule has 1 atom stereocenters. The third-order valence-corrected chi connectivity index (χ3v) is 4.23. The van der Waals surface area contributed by atoms with Crippen LogP contribution in [0.3, 0.4) is 0 Å². The molecular formula is C10H11Cl2NOS. The van der Waals surface area contributed by atoms with E-state index in [4.69, 9.17) is 23.2 Å². The van der Waals surface area contributed by atoms with Gasteiger partial charge in [0.1, 0.15) is 0 Å². The predicted molar refractivity (Wildman–Crippen MR) is 64.1 cm³/mol. The van der Waals surface area contributed by atoms with Crippen molar-refractivity contribution in [3.63, 3.8) is 0 Å². The van der Waals surface area contributed by atoms with Crippen LogP contribution in [0.25, 0.3) is 0 Å². The fraction of sp³-hybridized carbons (Fsp3) is 0.500. The molecule has 1 saturated heterocycles. The summed E-state index contributed by atoms with van der Waals surface area (Å²) in [6, 6.07) is 3.54. The van der Waals surface area contributed by atoms with Gasteiger partial charge in [-0.15, -0.1) is 22.9 Å². The van der Waals surface area contributed by atoms with E-state index >= 15 is 0 Å². The van der Waals surface area contributed by atoms with Crippen molar-refractivity contribution in [3.05, 3.63) is 21.3 Å². The second-order valence-electron chi connectivity index (χ2n) is 3.66. The lowest BCUT2D eigenvalue weighted by Crippen LogP contribution is -2.28. The molecule has 1 aliphatic heterocycles. The number of carbonyl (C=O) groups is 1. The molecule has 1 aromatic rings. The molecule has 1 aliphatic rings. The summed E-state index contributed by atoms with van der Waals surface area (Å²) in [5.74, 6) is 1.17. The third-order valence-electron chi connectivity index (χ3n) is 2.58. The van der Waals surface area contributed by atoms with Gasteiger partial charge in [0.25, 0.3) is 5.91 Å². The molecule has 2 heterocycles. The molecule has 0 aliphatic carbocycles. The fourth-order valence-corrected chi connectivity index (χ4v) is 2.99. The zero-order chi connectivity index (χ0) is 10.8. The number of halogens is 2. The number of alkyl halides is 1. The summed E-state index contributed by atoms with van der Waals surface area (Å²) in [6.45, 7) is 1.59. The van der Waals surface area contributed by atoms with Crippen molar-refractivity contribution in [3.8, 4) is 0 Å². The van der Waals surface area contributed by atoms with Gasteiger partial charge in [-0.1, -0.05) is 11.6 Å². The average molecular weight is 264 g/mol. The normalized spacial score (nSPS) is 20.9. The summed E-state index contributed by atoms with van der Waals surface area (Å²) < 4.78 is 0.659. The average Bonchev–Trinajstić information content (AvgIpc) is 2.84. The minimum atomic E-state index is 0.0829. The maximum atomic E-state index is 12.0.